The molecule has 0 spiro atoms. The van der Waals surface area contributed by atoms with Crippen molar-refractivity contribution in [3.8, 4) is 0 Å². The van der Waals surface area contributed by atoms with Crippen molar-refractivity contribution in [3.63, 3.8) is 0 Å². The zero-order valence-electron chi connectivity index (χ0n) is 10.9. The fourth-order valence-corrected chi connectivity index (χ4v) is 3.40. The van der Waals surface area contributed by atoms with Crippen LogP contribution in [0.15, 0.2) is 0 Å². The van der Waals surface area contributed by atoms with Crippen LogP contribution in [0.4, 0.5) is 0 Å². The maximum atomic E-state index is 12.0. The molecule has 1 heterocycles. The molecule has 1 rings (SSSR count). The van der Waals surface area contributed by atoms with Gasteiger partial charge in [-0.15, -0.1) is 0 Å². The maximum Gasteiger partial charge on any atom is 0.307 e. The maximum absolute atomic E-state index is 12.0. The Hall–Kier alpha value is -0.700. The molecule has 1 saturated heterocycles. The number of piperidine rings is 1. The van der Waals surface area contributed by atoms with Crippen molar-refractivity contribution < 1.29 is 23.4 Å². The number of nitrogens with one attached hydrogen (secondary N) is 1. The van der Waals surface area contributed by atoms with Gasteiger partial charge in [-0.25, -0.2) is 4.72 Å². The molecule has 8 heteroatoms. The third-order valence-electron chi connectivity index (χ3n) is 3.19. The summed E-state index contributed by atoms with van der Waals surface area (Å²) in [7, 11) is -3.58. The first-order valence-corrected chi connectivity index (χ1v) is 8.00. The second kappa shape index (κ2) is 7.78. The van der Waals surface area contributed by atoms with Crippen LogP contribution in [0.2, 0.25) is 0 Å². The van der Waals surface area contributed by atoms with Crippen LogP contribution in [0, 0.1) is 5.92 Å². The Labute approximate surface area is 113 Å². The molecule has 7 nitrogen and oxygen atoms in total. The lowest BCUT2D eigenvalue weighted by atomic mass is 10.0. The average molecular weight is 294 g/mol. The number of nitrogens with zero attached hydrogens (tertiary/aromatic N) is 1. The molecular formula is C11H22N2O5S. The van der Waals surface area contributed by atoms with Gasteiger partial charge in [0.2, 0.25) is 0 Å². The Morgan fingerprint density at radius 3 is 2.68 bits per heavy atom. The van der Waals surface area contributed by atoms with Crippen LogP contribution < -0.4 is 4.72 Å². The Morgan fingerprint density at radius 2 is 2.05 bits per heavy atom. The second-order valence-electron chi connectivity index (χ2n) is 4.72. The van der Waals surface area contributed by atoms with E-state index >= 15 is 0 Å². The lowest BCUT2D eigenvalue weighted by Gasteiger charge is -2.29. The summed E-state index contributed by atoms with van der Waals surface area (Å²) in [6, 6.07) is 0. The highest BCUT2D eigenvalue weighted by Gasteiger charge is 2.31. The molecule has 1 aliphatic heterocycles. The Balaban J connectivity index is 2.41. The standard InChI is InChI=1S/C11H22N2O5S/c14-8-3-1-2-6-12-19(17,18)13-7-4-5-10(9-13)11(15)16/h10,12,14H,1-9H2,(H,15,16). The molecule has 0 radical (unpaired) electrons. The van der Waals surface area contributed by atoms with E-state index in [1.54, 1.807) is 0 Å². The Bertz CT molecular complexity index is 385. The minimum atomic E-state index is -3.58. The number of aliphatic hydroxyl groups excluding tert-OH is 1. The monoisotopic (exact) mass is 294 g/mol. The topological polar surface area (TPSA) is 107 Å². The minimum absolute atomic E-state index is 0.0430. The molecule has 0 saturated carbocycles. The van der Waals surface area contributed by atoms with E-state index in [4.69, 9.17) is 10.2 Å². The lowest BCUT2D eigenvalue weighted by molar-refractivity contribution is -0.142. The van der Waals surface area contributed by atoms with Crippen molar-refractivity contribution >= 4 is 16.2 Å². The zero-order chi connectivity index (χ0) is 14.3. The molecule has 1 unspecified atom stereocenters. The fourth-order valence-electron chi connectivity index (χ4n) is 2.07. The highest BCUT2D eigenvalue weighted by atomic mass is 32.2. The summed E-state index contributed by atoms with van der Waals surface area (Å²) in [5, 5.41) is 17.5. The molecule has 0 amide bonds. The first-order valence-electron chi connectivity index (χ1n) is 6.56. The number of hydrogen-bond acceptors (Lipinski definition) is 4. The van der Waals surface area contributed by atoms with Gasteiger partial charge in [-0.05, 0) is 32.1 Å². The summed E-state index contributed by atoms with van der Waals surface area (Å²) in [5.74, 6) is -1.55. The molecule has 1 fully saturated rings. The van der Waals surface area contributed by atoms with E-state index in [2.05, 4.69) is 4.72 Å². The molecule has 0 aromatic carbocycles. The number of unbranched alkanes of at least 4 members (excludes halogenated alkanes) is 2. The first-order chi connectivity index (χ1) is 8.97. The summed E-state index contributed by atoms with van der Waals surface area (Å²) in [4.78, 5) is 10.9. The molecule has 19 heavy (non-hydrogen) atoms. The summed E-state index contributed by atoms with van der Waals surface area (Å²) in [5.41, 5.74) is 0. The quantitative estimate of drug-likeness (QED) is 0.537. The van der Waals surface area contributed by atoms with Gasteiger partial charge < -0.3 is 10.2 Å². The number of hydrogen-bond donors (Lipinski definition) is 3. The third kappa shape index (κ3) is 5.43. The van der Waals surface area contributed by atoms with Crippen LogP contribution in [-0.4, -0.2) is 55.1 Å². The van der Waals surface area contributed by atoms with Gasteiger partial charge in [0, 0.05) is 26.2 Å². The van der Waals surface area contributed by atoms with Crippen molar-refractivity contribution in [2.24, 2.45) is 5.92 Å². The molecule has 0 aromatic heterocycles. The number of aliphatic carboxylic acids is 1. The minimum Gasteiger partial charge on any atom is -0.481 e. The van der Waals surface area contributed by atoms with Gasteiger partial charge in [0.05, 0.1) is 5.92 Å². The van der Waals surface area contributed by atoms with E-state index in [0.29, 0.717) is 38.8 Å². The van der Waals surface area contributed by atoms with E-state index in [1.807, 2.05) is 0 Å². The SMILES string of the molecule is O=C(O)C1CCCN(S(=O)(=O)NCCCCCO)C1. The molecule has 0 aliphatic carbocycles. The Morgan fingerprint density at radius 1 is 1.32 bits per heavy atom. The van der Waals surface area contributed by atoms with Crippen LogP contribution in [0.5, 0.6) is 0 Å². The Kier molecular flexibility index (Phi) is 6.70. The summed E-state index contributed by atoms with van der Waals surface area (Å²) >= 11 is 0. The lowest BCUT2D eigenvalue weighted by Crippen LogP contribution is -2.47. The molecule has 112 valence electrons. The zero-order valence-corrected chi connectivity index (χ0v) is 11.7. The van der Waals surface area contributed by atoms with Gasteiger partial charge in [-0.3, -0.25) is 4.79 Å². The van der Waals surface area contributed by atoms with Crippen LogP contribution >= 0.6 is 0 Å². The van der Waals surface area contributed by atoms with Crippen molar-refractivity contribution in [2.75, 3.05) is 26.2 Å². The van der Waals surface area contributed by atoms with E-state index in [9.17, 15) is 13.2 Å². The van der Waals surface area contributed by atoms with Gasteiger partial charge >= 0.3 is 5.97 Å². The molecule has 1 atom stereocenters. The number of carbonyl (C=O) groups is 1. The van der Waals surface area contributed by atoms with E-state index in [-0.39, 0.29) is 13.2 Å². The number of carboxylic acid groups (broad SMARTS) is 1. The van der Waals surface area contributed by atoms with E-state index in [0.717, 1.165) is 6.42 Å². The van der Waals surface area contributed by atoms with Crippen molar-refractivity contribution in [1.82, 2.24) is 9.03 Å². The highest BCUT2D eigenvalue weighted by molar-refractivity contribution is 7.87. The highest BCUT2D eigenvalue weighted by Crippen LogP contribution is 2.18. The van der Waals surface area contributed by atoms with Crippen LogP contribution in [0.1, 0.15) is 32.1 Å². The summed E-state index contributed by atoms with van der Waals surface area (Å²) in [6.07, 6.45) is 3.18. The van der Waals surface area contributed by atoms with Crippen LogP contribution in [0.3, 0.4) is 0 Å². The van der Waals surface area contributed by atoms with Gasteiger partial charge in [0.15, 0.2) is 0 Å². The molecule has 0 bridgehead atoms. The van der Waals surface area contributed by atoms with Crippen molar-refractivity contribution in [3.05, 3.63) is 0 Å². The number of rotatable bonds is 8. The smallest absolute Gasteiger partial charge is 0.307 e. The normalized spacial score (nSPS) is 21.4. The second-order valence-corrected chi connectivity index (χ2v) is 6.47. The summed E-state index contributed by atoms with van der Waals surface area (Å²) in [6.45, 7) is 0.840. The number of aliphatic hydroxyl groups is 1. The van der Waals surface area contributed by atoms with Gasteiger partial charge in [0.1, 0.15) is 0 Å². The largest absolute Gasteiger partial charge is 0.481 e. The van der Waals surface area contributed by atoms with Crippen molar-refractivity contribution in [2.45, 2.75) is 32.1 Å². The molecular weight excluding hydrogens is 272 g/mol. The first kappa shape index (κ1) is 16.4. The molecule has 0 aromatic rings. The number of carboxylic acids is 1. The van der Waals surface area contributed by atoms with E-state index in [1.165, 1.54) is 4.31 Å². The van der Waals surface area contributed by atoms with Gasteiger partial charge in [-0.2, -0.15) is 12.7 Å². The third-order valence-corrected chi connectivity index (χ3v) is 4.77. The van der Waals surface area contributed by atoms with Gasteiger partial charge in [0.25, 0.3) is 10.2 Å². The molecule has 3 N–H and O–H groups in total. The van der Waals surface area contributed by atoms with Crippen LogP contribution in [-0.2, 0) is 15.0 Å². The predicted molar refractivity (Wildman–Crippen MR) is 69.8 cm³/mol. The average Bonchev–Trinajstić information content (AvgIpc) is 2.38. The fraction of sp³-hybridized carbons (Fsp3) is 0.909. The molecule has 1 aliphatic rings. The van der Waals surface area contributed by atoms with Gasteiger partial charge in [-0.1, -0.05) is 0 Å². The van der Waals surface area contributed by atoms with E-state index < -0.39 is 22.1 Å². The summed E-state index contributed by atoms with van der Waals surface area (Å²) < 4.78 is 27.6. The predicted octanol–water partition coefficient (Wildman–Crippen LogP) is -0.220. The van der Waals surface area contributed by atoms with Crippen molar-refractivity contribution in [1.29, 1.82) is 0 Å². The van der Waals surface area contributed by atoms with Crippen LogP contribution in [0.25, 0.3) is 0 Å².